The van der Waals surface area contributed by atoms with Crippen LogP contribution in [0.15, 0.2) is 49.0 Å². The first-order chi connectivity index (χ1) is 8.10. The van der Waals surface area contributed by atoms with Crippen LogP contribution in [0.2, 0.25) is 0 Å². The third-order valence-electron chi connectivity index (χ3n) is 1.95. The summed E-state index contributed by atoms with van der Waals surface area (Å²) in [6.45, 7) is 7.23. The van der Waals surface area contributed by atoms with Crippen molar-refractivity contribution in [2.75, 3.05) is 7.11 Å². The first kappa shape index (κ1) is 15.5. The van der Waals surface area contributed by atoms with Crippen LogP contribution in [-0.2, 0) is 9.47 Å². The van der Waals surface area contributed by atoms with Gasteiger partial charge in [-0.15, -0.1) is 0 Å². The Morgan fingerprint density at radius 3 is 2.59 bits per heavy atom. The van der Waals surface area contributed by atoms with Crippen LogP contribution in [0.25, 0.3) is 0 Å². The van der Waals surface area contributed by atoms with Crippen molar-refractivity contribution in [3.05, 3.63) is 49.0 Å². The Balaban J connectivity index is 3.92. The van der Waals surface area contributed by atoms with E-state index in [1.807, 2.05) is 25.2 Å². The van der Waals surface area contributed by atoms with E-state index in [1.54, 1.807) is 26.2 Å². The maximum atomic E-state index is 8.98. The van der Waals surface area contributed by atoms with Crippen molar-refractivity contribution >= 4 is 0 Å². The molecule has 3 nitrogen and oxygen atoms in total. The third kappa shape index (κ3) is 9.45. The summed E-state index contributed by atoms with van der Waals surface area (Å²) in [6, 6.07) is 0. The molecule has 0 heterocycles. The quantitative estimate of drug-likeness (QED) is 0.401. The summed E-state index contributed by atoms with van der Waals surface area (Å²) in [5.74, 6) is 0.761. The van der Waals surface area contributed by atoms with Gasteiger partial charge in [-0.2, -0.15) is 0 Å². The average molecular weight is 238 g/mol. The SMILES string of the molecule is C=CC(=CC/C=C/C(C)O/C=C/C(C)O)OC. The second-order valence-corrected chi connectivity index (χ2v) is 3.59. The van der Waals surface area contributed by atoms with Crippen LogP contribution in [0.5, 0.6) is 0 Å². The van der Waals surface area contributed by atoms with E-state index >= 15 is 0 Å². The van der Waals surface area contributed by atoms with Gasteiger partial charge in [-0.3, -0.25) is 0 Å². The summed E-state index contributed by atoms with van der Waals surface area (Å²) in [5.41, 5.74) is 0. The smallest absolute Gasteiger partial charge is 0.114 e. The molecule has 0 saturated carbocycles. The molecule has 0 amide bonds. The van der Waals surface area contributed by atoms with E-state index in [9.17, 15) is 0 Å². The van der Waals surface area contributed by atoms with E-state index in [1.165, 1.54) is 6.26 Å². The van der Waals surface area contributed by atoms with Crippen molar-refractivity contribution in [3.63, 3.8) is 0 Å². The third-order valence-corrected chi connectivity index (χ3v) is 1.95. The predicted molar refractivity (Wildman–Crippen MR) is 70.4 cm³/mol. The highest BCUT2D eigenvalue weighted by Gasteiger charge is 1.93. The maximum Gasteiger partial charge on any atom is 0.114 e. The van der Waals surface area contributed by atoms with Crippen molar-refractivity contribution < 1.29 is 14.6 Å². The molecule has 2 unspecified atom stereocenters. The molecule has 17 heavy (non-hydrogen) atoms. The molecular weight excluding hydrogens is 216 g/mol. The Labute approximate surface area is 104 Å². The van der Waals surface area contributed by atoms with Gasteiger partial charge in [-0.05, 0) is 44.6 Å². The Bertz CT molecular complexity index is 288. The Hall–Kier alpha value is -1.48. The topological polar surface area (TPSA) is 38.7 Å². The second-order valence-electron chi connectivity index (χ2n) is 3.59. The van der Waals surface area contributed by atoms with Crippen LogP contribution >= 0.6 is 0 Å². The van der Waals surface area contributed by atoms with E-state index in [2.05, 4.69) is 6.58 Å². The molecule has 0 aliphatic rings. The van der Waals surface area contributed by atoms with Gasteiger partial charge in [0.2, 0.25) is 0 Å². The van der Waals surface area contributed by atoms with Gasteiger partial charge in [-0.25, -0.2) is 0 Å². The molecule has 1 N–H and O–H groups in total. The standard InChI is InChI=1S/C14H22O3/c1-5-14(16-4)9-7-6-8-13(3)17-11-10-12(2)15/h5-6,8-13,15H,1,7H2,2-4H3/b8-6+,11-10+,14-9?. The lowest BCUT2D eigenvalue weighted by Crippen LogP contribution is -2.00. The molecule has 0 radical (unpaired) electrons. The molecule has 0 aliphatic carbocycles. The van der Waals surface area contributed by atoms with Crippen LogP contribution in [-0.4, -0.2) is 24.4 Å². The molecular formula is C14H22O3. The first-order valence-corrected chi connectivity index (χ1v) is 5.63. The summed E-state index contributed by atoms with van der Waals surface area (Å²) in [7, 11) is 1.61. The van der Waals surface area contributed by atoms with Gasteiger partial charge in [0.15, 0.2) is 0 Å². The lowest BCUT2D eigenvalue weighted by Gasteiger charge is -2.05. The first-order valence-electron chi connectivity index (χ1n) is 5.63. The van der Waals surface area contributed by atoms with Gasteiger partial charge in [0, 0.05) is 0 Å². The number of methoxy groups -OCH3 is 1. The van der Waals surface area contributed by atoms with Crippen molar-refractivity contribution in [2.24, 2.45) is 0 Å². The van der Waals surface area contributed by atoms with E-state index in [-0.39, 0.29) is 6.10 Å². The van der Waals surface area contributed by atoms with Crippen LogP contribution in [0.1, 0.15) is 20.3 Å². The number of aliphatic hydroxyl groups is 1. The van der Waals surface area contributed by atoms with Crippen molar-refractivity contribution in [3.8, 4) is 0 Å². The predicted octanol–water partition coefficient (Wildman–Crippen LogP) is 2.95. The average Bonchev–Trinajstić information content (AvgIpc) is 2.29. The molecule has 0 bridgehead atoms. The van der Waals surface area contributed by atoms with Crippen LogP contribution in [0, 0.1) is 0 Å². The van der Waals surface area contributed by atoms with Gasteiger partial charge in [0.25, 0.3) is 0 Å². The molecule has 0 aromatic carbocycles. The molecule has 0 rings (SSSR count). The molecule has 0 saturated heterocycles. The summed E-state index contributed by atoms with van der Waals surface area (Å²) >= 11 is 0. The maximum absolute atomic E-state index is 8.98. The Morgan fingerprint density at radius 2 is 2.06 bits per heavy atom. The zero-order valence-corrected chi connectivity index (χ0v) is 10.8. The lowest BCUT2D eigenvalue weighted by atomic mass is 10.3. The molecule has 0 fully saturated rings. The van der Waals surface area contributed by atoms with Gasteiger partial charge >= 0.3 is 0 Å². The minimum absolute atomic E-state index is 0.0203. The van der Waals surface area contributed by atoms with Crippen molar-refractivity contribution in [1.29, 1.82) is 0 Å². The number of aliphatic hydroxyl groups excluding tert-OH is 1. The fraction of sp³-hybridized carbons (Fsp3) is 0.429. The fourth-order valence-corrected chi connectivity index (χ4v) is 1.03. The highest BCUT2D eigenvalue weighted by atomic mass is 16.5. The van der Waals surface area contributed by atoms with E-state index in [4.69, 9.17) is 14.6 Å². The number of hydrogen-bond acceptors (Lipinski definition) is 3. The van der Waals surface area contributed by atoms with E-state index in [0.717, 1.165) is 12.2 Å². The Morgan fingerprint density at radius 1 is 1.35 bits per heavy atom. The molecule has 0 aromatic heterocycles. The van der Waals surface area contributed by atoms with E-state index in [0.29, 0.717) is 0 Å². The largest absolute Gasteiger partial charge is 0.497 e. The molecule has 0 aromatic rings. The van der Waals surface area contributed by atoms with Gasteiger partial charge in [-0.1, -0.05) is 12.7 Å². The zero-order chi connectivity index (χ0) is 13.1. The Kier molecular flexibility index (Phi) is 8.88. The normalized spacial score (nSPS) is 16.1. The number of allylic oxidation sites excluding steroid dienone is 3. The van der Waals surface area contributed by atoms with Crippen molar-refractivity contribution in [1.82, 2.24) is 0 Å². The number of hydrogen-bond donors (Lipinski definition) is 1. The monoisotopic (exact) mass is 238 g/mol. The second kappa shape index (κ2) is 9.73. The molecule has 2 atom stereocenters. The summed E-state index contributed by atoms with van der Waals surface area (Å²) in [4.78, 5) is 0. The van der Waals surface area contributed by atoms with Gasteiger partial charge in [0.05, 0.1) is 19.5 Å². The minimum Gasteiger partial charge on any atom is -0.497 e. The highest BCUT2D eigenvalue weighted by molar-refractivity contribution is 5.10. The zero-order valence-electron chi connectivity index (χ0n) is 10.8. The summed E-state index contributed by atoms with van der Waals surface area (Å²) in [6.07, 6.45) is 10.9. The van der Waals surface area contributed by atoms with E-state index < -0.39 is 6.10 Å². The van der Waals surface area contributed by atoms with Gasteiger partial charge in [0.1, 0.15) is 11.9 Å². The molecule has 3 heteroatoms. The van der Waals surface area contributed by atoms with Crippen molar-refractivity contribution in [2.45, 2.75) is 32.5 Å². The molecule has 96 valence electrons. The van der Waals surface area contributed by atoms with Crippen LogP contribution in [0.4, 0.5) is 0 Å². The molecule has 0 aliphatic heterocycles. The van der Waals surface area contributed by atoms with Crippen LogP contribution < -0.4 is 0 Å². The highest BCUT2D eigenvalue weighted by Crippen LogP contribution is 2.01. The van der Waals surface area contributed by atoms with Gasteiger partial charge < -0.3 is 14.6 Å². The lowest BCUT2D eigenvalue weighted by molar-refractivity contribution is 0.191. The number of ether oxygens (including phenoxy) is 2. The molecule has 0 spiro atoms. The summed E-state index contributed by atoms with van der Waals surface area (Å²) in [5, 5.41) is 8.98. The number of rotatable bonds is 8. The summed E-state index contributed by atoms with van der Waals surface area (Å²) < 4.78 is 10.3. The van der Waals surface area contributed by atoms with Crippen LogP contribution in [0.3, 0.4) is 0 Å². The minimum atomic E-state index is -0.481. The fourth-order valence-electron chi connectivity index (χ4n) is 1.03.